The van der Waals surface area contributed by atoms with Crippen LogP contribution in [-0.4, -0.2) is 75.5 Å². The highest BCUT2D eigenvalue weighted by Gasteiger charge is 2.17. The zero-order chi connectivity index (χ0) is 18.5. The molecule has 2 heterocycles. The third-order valence-electron chi connectivity index (χ3n) is 5.05. The maximum atomic E-state index is 5.88. The van der Waals surface area contributed by atoms with Gasteiger partial charge in [-0.15, -0.1) is 0 Å². The highest BCUT2D eigenvalue weighted by Crippen LogP contribution is 2.10. The molecule has 6 nitrogen and oxygen atoms in total. The number of likely N-dealkylation sites (tertiary alicyclic amines) is 1. The van der Waals surface area contributed by atoms with Gasteiger partial charge in [0, 0.05) is 25.7 Å². The van der Waals surface area contributed by atoms with Crippen molar-refractivity contribution in [3.8, 4) is 0 Å². The van der Waals surface area contributed by atoms with Gasteiger partial charge in [0.2, 0.25) is 0 Å². The summed E-state index contributed by atoms with van der Waals surface area (Å²) in [6.45, 7) is 12.1. The van der Waals surface area contributed by atoms with E-state index in [1.807, 2.05) is 0 Å². The lowest BCUT2D eigenvalue weighted by molar-refractivity contribution is 0.0347. The monoisotopic (exact) mass is 368 g/mol. The van der Waals surface area contributed by atoms with Crippen LogP contribution in [0.5, 0.6) is 0 Å². The Kier molecular flexibility index (Phi) is 11.0. The third kappa shape index (κ3) is 9.19. The van der Waals surface area contributed by atoms with Crippen molar-refractivity contribution in [2.75, 3.05) is 52.5 Å². The third-order valence-corrected chi connectivity index (χ3v) is 5.05. The number of nitrogens with zero attached hydrogens (tertiary/aromatic N) is 2. The predicted octanol–water partition coefficient (Wildman–Crippen LogP) is 2.39. The molecule has 0 spiro atoms. The molecule has 0 radical (unpaired) electrons. The molecule has 6 heteroatoms. The molecular weight excluding hydrogens is 328 g/mol. The maximum Gasteiger partial charge on any atom is 0.191 e. The Morgan fingerprint density at radius 2 is 2.08 bits per heavy atom. The van der Waals surface area contributed by atoms with Crippen LogP contribution in [0.2, 0.25) is 0 Å². The molecule has 0 bridgehead atoms. The van der Waals surface area contributed by atoms with Crippen molar-refractivity contribution >= 4 is 5.96 Å². The lowest BCUT2D eigenvalue weighted by Crippen LogP contribution is -2.44. The summed E-state index contributed by atoms with van der Waals surface area (Å²) >= 11 is 0. The Morgan fingerprint density at radius 1 is 1.23 bits per heavy atom. The highest BCUT2D eigenvalue weighted by atomic mass is 16.5. The normalized spacial score (nSPS) is 23.2. The first-order chi connectivity index (χ1) is 12.8. The zero-order valence-electron chi connectivity index (χ0n) is 17.0. The summed E-state index contributed by atoms with van der Waals surface area (Å²) < 4.78 is 11.2. The fraction of sp³-hybridized carbons (Fsp3) is 0.950. The molecule has 2 saturated heterocycles. The average molecular weight is 369 g/mol. The molecule has 2 fully saturated rings. The molecule has 0 amide bonds. The number of unbranched alkanes of at least 4 members (excludes halogenated alkanes) is 2. The van der Waals surface area contributed by atoms with E-state index in [-0.39, 0.29) is 12.1 Å². The van der Waals surface area contributed by atoms with Crippen LogP contribution < -0.4 is 10.6 Å². The van der Waals surface area contributed by atoms with Crippen molar-refractivity contribution in [3.63, 3.8) is 0 Å². The second-order valence-electron chi connectivity index (χ2n) is 7.59. The van der Waals surface area contributed by atoms with E-state index >= 15 is 0 Å². The molecule has 0 aromatic heterocycles. The summed E-state index contributed by atoms with van der Waals surface area (Å²) in [5.74, 6) is 0.905. The van der Waals surface area contributed by atoms with E-state index in [2.05, 4.69) is 29.4 Å². The van der Waals surface area contributed by atoms with Crippen molar-refractivity contribution in [2.24, 2.45) is 4.99 Å². The van der Waals surface area contributed by atoms with Gasteiger partial charge in [-0.25, -0.2) is 0 Å². The Bertz CT molecular complexity index is 380. The quantitative estimate of drug-likeness (QED) is 0.333. The van der Waals surface area contributed by atoms with Gasteiger partial charge in [0.1, 0.15) is 0 Å². The van der Waals surface area contributed by atoms with Gasteiger partial charge in [0.25, 0.3) is 0 Å². The topological polar surface area (TPSA) is 58.1 Å². The van der Waals surface area contributed by atoms with Crippen molar-refractivity contribution in [2.45, 2.75) is 70.9 Å². The van der Waals surface area contributed by atoms with Gasteiger partial charge in [-0.3, -0.25) is 4.99 Å². The summed E-state index contributed by atoms with van der Waals surface area (Å²) in [6.07, 6.45) is 9.19. The number of aliphatic imine (C=N–C) groups is 1. The Balaban J connectivity index is 1.55. The maximum absolute atomic E-state index is 5.88. The van der Waals surface area contributed by atoms with Crippen LogP contribution in [0.1, 0.15) is 58.8 Å². The minimum absolute atomic E-state index is 0.243. The number of piperidine rings is 1. The smallest absolute Gasteiger partial charge is 0.191 e. The Morgan fingerprint density at radius 3 is 2.81 bits per heavy atom. The van der Waals surface area contributed by atoms with Crippen molar-refractivity contribution < 1.29 is 9.47 Å². The van der Waals surface area contributed by atoms with Gasteiger partial charge in [0.15, 0.2) is 5.96 Å². The number of ether oxygens (including phenoxy) is 2. The summed E-state index contributed by atoms with van der Waals surface area (Å²) in [5, 5.41) is 6.78. The molecule has 26 heavy (non-hydrogen) atoms. The molecule has 2 rings (SSSR count). The fourth-order valence-electron chi connectivity index (χ4n) is 3.52. The van der Waals surface area contributed by atoms with Crippen LogP contribution >= 0.6 is 0 Å². The van der Waals surface area contributed by atoms with Gasteiger partial charge in [0.05, 0.1) is 19.3 Å². The highest BCUT2D eigenvalue weighted by molar-refractivity contribution is 5.80. The molecule has 152 valence electrons. The molecule has 2 N–H and O–H groups in total. The van der Waals surface area contributed by atoms with Crippen molar-refractivity contribution in [1.82, 2.24) is 15.5 Å². The first-order valence-corrected chi connectivity index (χ1v) is 10.7. The standard InChI is InChI=1S/C20H40N4O2/c1-3-21-20(23-18(2)16-26-19-10-15-25-17-19)22-11-6-4-7-12-24-13-8-5-9-14-24/h18-19H,3-17H2,1-2H3,(H2,21,22,23). The van der Waals surface area contributed by atoms with E-state index in [0.717, 1.165) is 45.1 Å². The molecular formula is C20H40N4O2. The van der Waals surface area contributed by atoms with E-state index in [9.17, 15) is 0 Å². The van der Waals surface area contributed by atoms with Gasteiger partial charge in [-0.2, -0.15) is 0 Å². The second-order valence-corrected chi connectivity index (χ2v) is 7.59. The molecule has 0 aromatic rings. The van der Waals surface area contributed by atoms with E-state index < -0.39 is 0 Å². The van der Waals surface area contributed by atoms with Crippen molar-refractivity contribution in [1.29, 1.82) is 0 Å². The summed E-state index contributed by atoms with van der Waals surface area (Å²) in [5.41, 5.74) is 0. The molecule has 0 aromatic carbocycles. The second kappa shape index (κ2) is 13.3. The molecule has 0 aliphatic carbocycles. The zero-order valence-corrected chi connectivity index (χ0v) is 17.0. The van der Waals surface area contributed by atoms with Crippen LogP contribution in [0, 0.1) is 0 Å². The minimum atomic E-state index is 0.243. The fourth-order valence-corrected chi connectivity index (χ4v) is 3.52. The van der Waals surface area contributed by atoms with Gasteiger partial charge < -0.3 is 25.0 Å². The molecule has 2 unspecified atom stereocenters. The van der Waals surface area contributed by atoms with Crippen LogP contribution in [-0.2, 0) is 9.47 Å². The Hall–Kier alpha value is -0.850. The van der Waals surface area contributed by atoms with Gasteiger partial charge in [-0.05, 0) is 65.6 Å². The SMILES string of the molecule is CCNC(=NCCCCCN1CCCCC1)NC(C)COC1CCOC1. The van der Waals surface area contributed by atoms with Crippen LogP contribution in [0.4, 0.5) is 0 Å². The number of rotatable bonds is 11. The molecule has 2 atom stereocenters. The average Bonchev–Trinajstić information content (AvgIpc) is 3.17. The minimum Gasteiger partial charge on any atom is -0.379 e. The van der Waals surface area contributed by atoms with Crippen LogP contribution in [0.25, 0.3) is 0 Å². The largest absolute Gasteiger partial charge is 0.379 e. The van der Waals surface area contributed by atoms with Gasteiger partial charge >= 0.3 is 0 Å². The summed E-state index contributed by atoms with van der Waals surface area (Å²) in [7, 11) is 0. The lowest BCUT2D eigenvalue weighted by Gasteiger charge is -2.26. The van der Waals surface area contributed by atoms with Crippen molar-refractivity contribution in [3.05, 3.63) is 0 Å². The number of hydrogen-bond donors (Lipinski definition) is 2. The van der Waals surface area contributed by atoms with E-state index in [0.29, 0.717) is 6.61 Å². The predicted molar refractivity (Wildman–Crippen MR) is 108 cm³/mol. The van der Waals surface area contributed by atoms with E-state index in [1.165, 1.54) is 51.7 Å². The first-order valence-electron chi connectivity index (χ1n) is 10.7. The molecule has 2 aliphatic heterocycles. The van der Waals surface area contributed by atoms with E-state index in [4.69, 9.17) is 14.5 Å². The number of nitrogens with one attached hydrogen (secondary N) is 2. The number of guanidine groups is 1. The molecule has 2 aliphatic rings. The first kappa shape index (κ1) is 21.5. The van der Waals surface area contributed by atoms with Crippen LogP contribution in [0.3, 0.4) is 0 Å². The summed E-state index contributed by atoms with van der Waals surface area (Å²) in [4.78, 5) is 7.34. The van der Waals surface area contributed by atoms with E-state index in [1.54, 1.807) is 0 Å². The Labute approximate surface area is 160 Å². The van der Waals surface area contributed by atoms with Gasteiger partial charge in [-0.1, -0.05) is 12.8 Å². The number of hydrogen-bond acceptors (Lipinski definition) is 4. The van der Waals surface area contributed by atoms with Crippen LogP contribution in [0.15, 0.2) is 4.99 Å². The lowest BCUT2D eigenvalue weighted by atomic mass is 10.1. The summed E-state index contributed by atoms with van der Waals surface area (Å²) in [6, 6.07) is 0.243. The molecule has 0 saturated carbocycles.